The molecule has 1 fully saturated rings. The molecule has 0 bridgehead atoms. The Morgan fingerprint density at radius 1 is 1.45 bits per heavy atom. The lowest BCUT2D eigenvalue weighted by atomic mass is 10.3. The Hall–Kier alpha value is -1.12. The molecule has 2 aliphatic carbocycles. The molecular formula is C8H7F2N. The molecule has 0 amide bonds. The summed E-state index contributed by atoms with van der Waals surface area (Å²) in [6, 6.07) is 0. The molecule has 3 heteroatoms. The lowest BCUT2D eigenvalue weighted by Crippen LogP contribution is -1.99. The first-order chi connectivity index (χ1) is 5.20. The van der Waals surface area contributed by atoms with E-state index >= 15 is 0 Å². The quantitative estimate of drug-likeness (QED) is 0.568. The van der Waals surface area contributed by atoms with Crippen LogP contribution in [0.2, 0.25) is 0 Å². The molecule has 1 saturated carbocycles. The van der Waals surface area contributed by atoms with Crippen molar-refractivity contribution in [2.75, 3.05) is 0 Å². The third-order valence-electron chi connectivity index (χ3n) is 1.98. The van der Waals surface area contributed by atoms with Gasteiger partial charge in [0.15, 0.2) is 0 Å². The van der Waals surface area contributed by atoms with E-state index in [4.69, 9.17) is 5.73 Å². The van der Waals surface area contributed by atoms with Crippen molar-refractivity contribution in [2.24, 2.45) is 11.7 Å². The molecule has 0 saturated heterocycles. The largest absolute Gasteiger partial charge is 0.394 e. The van der Waals surface area contributed by atoms with Gasteiger partial charge in [0, 0.05) is 5.92 Å². The number of fused-ring (bicyclic) bond motifs is 1. The summed E-state index contributed by atoms with van der Waals surface area (Å²) < 4.78 is 25.6. The van der Waals surface area contributed by atoms with E-state index in [2.05, 4.69) is 0 Å². The van der Waals surface area contributed by atoms with E-state index < -0.39 is 11.7 Å². The molecule has 0 aromatic heterocycles. The zero-order valence-electron chi connectivity index (χ0n) is 5.77. The van der Waals surface area contributed by atoms with Crippen molar-refractivity contribution in [2.45, 2.75) is 6.42 Å². The summed E-state index contributed by atoms with van der Waals surface area (Å²) in [7, 11) is 0. The lowest BCUT2D eigenvalue weighted by Gasteiger charge is -1.95. The number of halogens is 2. The molecule has 1 unspecified atom stereocenters. The van der Waals surface area contributed by atoms with Crippen LogP contribution in [0.25, 0.3) is 0 Å². The van der Waals surface area contributed by atoms with E-state index in [0.29, 0.717) is 12.0 Å². The van der Waals surface area contributed by atoms with Crippen molar-refractivity contribution >= 4 is 0 Å². The van der Waals surface area contributed by atoms with E-state index in [1.54, 1.807) is 6.08 Å². The summed E-state index contributed by atoms with van der Waals surface area (Å²) in [5.74, 6) is -1.12. The van der Waals surface area contributed by atoms with Gasteiger partial charge in [-0.25, -0.2) is 8.78 Å². The van der Waals surface area contributed by atoms with Gasteiger partial charge in [0.2, 0.25) is 0 Å². The first-order valence-corrected chi connectivity index (χ1v) is 3.42. The molecular weight excluding hydrogens is 148 g/mol. The minimum absolute atomic E-state index is 0.0989. The minimum atomic E-state index is -0.665. The van der Waals surface area contributed by atoms with Gasteiger partial charge < -0.3 is 5.73 Å². The van der Waals surface area contributed by atoms with Crippen LogP contribution in [0.3, 0.4) is 0 Å². The summed E-state index contributed by atoms with van der Waals surface area (Å²) in [4.78, 5) is 0. The van der Waals surface area contributed by atoms with Crippen molar-refractivity contribution in [3.8, 4) is 0 Å². The van der Waals surface area contributed by atoms with E-state index in [0.717, 1.165) is 0 Å². The fraction of sp³-hybridized carbons (Fsp3) is 0.250. The average Bonchev–Trinajstić information content (AvgIpc) is 2.75. The Kier molecular flexibility index (Phi) is 1.16. The molecule has 0 aliphatic heterocycles. The summed E-state index contributed by atoms with van der Waals surface area (Å²) in [5, 5.41) is 0. The number of hydrogen-bond acceptors (Lipinski definition) is 1. The minimum Gasteiger partial charge on any atom is -0.394 e. The van der Waals surface area contributed by atoms with Crippen LogP contribution in [-0.2, 0) is 0 Å². The fourth-order valence-electron chi connectivity index (χ4n) is 1.18. The summed E-state index contributed by atoms with van der Waals surface area (Å²) in [6.07, 6.45) is 3.57. The maximum Gasteiger partial charge on any atom is 0.148 e. The standard InChI is InChI=1S/C8H7F2N/c9-6-2-1-4-3-5(4)7(10)8(6)11/h1-2,4H,3,11H2. The van der Waals surface area contributed by atoms with Gasteiger partial charge in [-0.2, -0.15) is 0 Å². The van der Waals surface area contributed by atoms with Crippen LogP contribution < -0.4 is 5.73 Å². The van der Waals surface area contributed by atoms with Crippen molar-refractivity contribution in [3.63, 3.8) is 0 Å². The van der Waals surface area contributed by atoms with Crippen LogP contribution in [0.1, 0.15) is 6.42 Å². The van der Waals surface area contributed by atoms with Gasteiger partial charge in [0.25, 0.3) is 0 Å². The number of hydrogen-bond donors (Lipinski definition) is 1. The van der Waals surface area contributed by atoms with Crippen LogP contribution >= 0.6 is 0 Å². The molecule has 1 atom stereocenters. The molecule has 2 N–H and O–H groups in total. The van der Waals surface area contributed by atoms with Crippen molar-refractivity contribution in [3.05, 3.63) is 35.1 Å². The summed E-state index contributed by atoms with van der Waals surface area (Å²) >= 11 is 0. The smallest absolute Gasteiger partial charge is 0.148 e. The molecule has 58 valence electrons. The van der Waals surface area contributed by atoms with Gasteiger partial charge in [0.1, 0.15) is 17.4 Å². The SMILES string of the molecule is NC1=C(F)C=CC2CC2=C1F. The normalized spacial score (nSPS) is 28.7. The topological polar surface area (TPSA) is 26.0 Å². The third-order valence-corrected chi connectivity index (χ3v) is 1.98. The van der Waals surface area contributed by atoms with E-state index in [-0.39, 0.29) is 11.6 Å². The molecule has 0 aromatic rings. The summed E-state index contributed by atoms with van der Waals surface area (Å²) in [6.45, 7) is 0. The predicted molar refractivity (Wildman–Crippen MR) is 37.7 cm³/mol. The second kappa shape index (κ2) is 1.94. The van der Waals surface area contributed by atoms with Gasteiger partial charge in [-0.1, -0.05) is 6.08 Å². The Labute approximate surface area is 62.9 Å². The molecule has 2 rings (SSSR count). The highest BCUT2D eigenvalue weighted by atomic mass is 19.1. The zero-order chi connectivity index (χ0) is 8.01. The Morgan fingerprint density at radius 2 is 2.18 bits per heavy atom. The van der Waals surface area contributed by atoms with E-state index in [1.807, 2.05) is 0 Å². The predicted octanol–water partition coefficient (Wildman–Crippen LogP) is 1.94. The van der Waals surface area contributed by atoms with Crippen molar-refractivity contribution in [1.82, 2.24) is 0 Å². The monoisotopic (exact) mass is 155 g/mol. The third kappa shape index (κ3) is 0.878. The van der Waals surface area contributed by atoms with Gasteiger partial charge in [0.05, 0.1) is 0 Å². The zero-order valence-corrected chi connectivity index (χ0v) is 5.77. The second-order valence-electron chi connectivity index (χ2n) is 2.77. The highest BCUT2D eigenvalue weighted by Gasteiger charge is 2.34. The summed E-state index contributed by atoms with van der Waals surface area (Å²) in [5.41, 5.74) is 5.44. The average molecular weight is 155 g/mol. The number of rotatable bonds is 0. The van der Waals surface area contributed by atoms with Crippen LogP contribution in [0.4, 0.5) is 8.78 Å². The van der Waals surface area contributed by atoms with Gasteiger partial charge in [-0.05, 0) is 18.1 Å². The number of allylic oxidation sites excluding steroid dienone is 5. The molecule has 2 aliphatic rings. The fourth-order valence-corrected chi connectivity index (χ4v) is 1.18. The van der Waals surface area contributed by atoms with Crippen molar-refractivity contribution < 1.29 is 8.78 Å². The molecule has 0 radical (unpaired) electrons. The molecule has 1 nitrogen and oxygen atoms in total. The van der Waals surface area contributed by atoms with E-state index in [1.165, 1.54) is 6.08 Å². The lowest BCUT2D eigenvalue weighted by molar-refractivity contribution is 0.605. The highest BCUT2D eigenvalue weighted by molar-refractivity contribution is 5.46. The second-order valence-corrected chi connectivity index (χ2v) is 2.77. The van der Waals surface area contributed by atoms with Crippen LogP contribution in [0, 0.1) is 5.92 Å². The maximum atomic E-state index is 12.9. The first kappa shape index (κ1) is 6.58. The molecule has 0 spiro atoms. The molecule has 0 heterocycles. The van der Waals surface area contributed by atoms with Crippen LogP contribution in [-0.4, -0.2) is 0 Å². The maximum absolute atomic E-state index is 12.9. The first-order valence-electron chi connectivity index (χ1n) is 3.42. The number of nitrogens with two attached hydrogens (primary N) is 1. The van der Waals surface area contributed by atoms with Crippen LogP contribution in [0.15, 0.2) is 35.1 Å². The Morgan fingerprint density at radius 3 is 2.91 bits per heavy atom. The molecule has 11 heavy (non-hydrogen) atoms. The Bertz CT molecular complexity index is 299. The van der Waals surface area contributed by atoms with Gasteiger partial charge >= 0.3 is 0 Å². The molecule has 0 aromatic carbocycles. The Balaban J connectivity index is 2.51. The van der Waals surface area contributed by atoms with E-state index in [9.17, 15) is 8.78 Å². The van der Waals surface area contributed by atoms with Gasteiger partial charge in [-0.3, -0.25) is 0 Å². The highest BCUT2D eigenvalue weighted by Crippen LogP contribution is 2.45. The van der Waals surface area contributed by atoms with Gasteiger partial charge in [-0.15, -0.1) is 0 Å². The van der Waals surface area contributed by atoms with Crippen molar-refractivity contribution in [1.29, 1.82) is 0 Å². The van der Waals surface area contributed by atoms with Crippen LogP contribution in [0.5, 0.6) is 0 Å².